The molecule has 2 aromatic heterocycles. The molecule has 0 aromatic carbocycles. The molecule has 1 aliphatic heterocycles. The molecule has 1 unspecified atom stereocenters. The molecule has 7 heteroatoms. The molecule has 3 rings (SSSR count). The number of aromatic nitrogens is 4. The maximum absolute atomic E-state index is 12.6. The summed E-state index contributed by atoms with van der Waals surface area (Å²) in [4.78, 5) is 19.0. The van der Waals surface area contributed by atoms with Crippen molar-refractivity contribution in [3.63, 3.8) is 0 Å². The summed E-state index contributed by atoms with van der Waals surface area (Å²) >= 11 is 0. The van der Waals surface area contributed by atoms with Crippen LogP contribution in [0.1, 0.15) is 55.7 Å². The first-order chi connectivity index (χ1) is 12.1. The van der Waals surface area contributed by atoms with E-state index in [0.717, 1.165) is 56.0 Å². The molecule has 2 aromatic rings. The molecule has 1 saturated heterocycles. The first kappa shape index (κ1) is 17.6. The molecule has 0 spiro atoms. The average molecular weight is 345 g/mol. The fourth-order valence-corrected chi connectivity index (χ4v) is 3.49. The number of carbonyl (C=O) groups excluding carboxylic acids is 1. The number of amides is 1. The first-order valence-corrected chi connectivity index (χ1v) is 9.18. The lowest BCUT2D eigenvalue weighted by molar-refractivity contribution is -0.132. The van der Waals surface area contributed by atoms with Crippen molar-refractivity contribution >= 4 is 5.91 Å². The van der Waals surface area contributed by atoms with Crippen molar-refractivity contribution in [3.8, 4) is 0 Å². The van der Waals surface area contributed by atoms with Crippen LogP contribution in [0.4, 0.5) is 0 Å². The van der Waals surface area contributed by atoms with Gasteiger partial charge in [0.2, 0.25) is 11.8 Å². The molecular formula is C18H27N5O2. The molecule has 1 fully saturated rings. The van der Waals surface area contributed by atoms with Gasteiger partial charge in [-0.05, 0) is 39.2 Å². The predicted molar refractivity (Wildman–Crippen MR) is 93.1 cm³/mol. The third-order valence-corrected chi connectivity index (χ3v) is 4.72. The lowest BCUT2D eigenvalue weighted by Crippen LogP contribution is -2.38. The van der Waals surface area contributed by atoms with Crippen molar-refractivity contribution in [2.24, 2.45) is 0 Å². The van der Waals surface area contributed by atoms with E-state index in [0.29, 0.717) is 18.7 Å². The zero-order valence-corrected chi connectivity index (χ0v) is 15.4. The Hall–Kier alpha value is -2.18. The lowest BCUT2D eigenvalue weighted by atomic mass is 10.2. The van der Waals surface area contributed by atoms with Gasteiger partial charge in [-0.1, -0.05) is 12.1 Å². The molecule has 1 atom stereocenters. The molecule has 3 heterocycles. The monoisotopic (exact) mass is 345 g/mol. The average Bonchev–Trinajstić information content (AvgIpc) is 3.28. The maximum Gasteiger partial charge on any atom is 0.227 e. The minimum atomic E-state index is 0.166. The van der Waals surface area contributed by atoms with Gasteiger partial charge in [0.05, 0.1) is 18.3 Å². The van der Waals surface area contributed by atoms with Gasteiger partial charge in [-0.15, -0.1) is 0 Å². The Bertz CT molecular complexity index is 721. The zero-order chi connectivity index (χ0) is 17.8. The number of hydrogen-bond donors (Lipinski definition) is 0. The molecular weight excluding hydrogens is 318 g/mol. The van der Waals surface area contributed by atoms with E-state index in [-0.39, 0.29) is 11.9 Å². The lowest BCUT2D eigenvalue weighted by Gasteiger charge is -2.25. The smallest absolute Gasteiger partial charge is 0.227 e. The Balaban J connectivity index is 1.55. The SMILES string of the molecule is CCCc1noc(CCC(=O)N2CCCC2Cn2nc(C)cc2C)n1. The van der Waals surface area contributed by atoms with Crippen LogP contribution in [-0.4, -0.2) is 43.3 Å². The van der Waals surface area contributed by atoms with E-state index in [1.807, 2.05) is 16.5 Å². The van der Waals surface area contributed by atoms with Gasteiger partial charge in [0.15, 0.2) is 5.82 Å². The third-order valence-electron chi connectivity index (χ3n) is 4.72. The van der Waals surface area contributed by atoms with Crippen LogP contribution in [0.2, 0.25) is 0 Å². The Morgan fingerprint density at radius 3 is 2.92 bits per heavy atom. The number of carbonyl (C=O) groups is 1. The Morgan fingerprint density at radius 2 is 2.20 bits per heavy atom. The Labute approximate surface area is 148 Å². The molecule has 25 heavy (non-hydrogen) atoms. The predicted octanol–water partition coefficient (Wildman–Crippen LogP) is 2.46. The van der Waals surface area contributed by atoms with Crippen molar-refractivity contribution < 1.29 is 9.32 Å². The van der Waals surface area contributed by atoms with Gasteiger partial charge < -0.3 is 9.42 Å². The van der Waals surface area contributed by atoms with E-state index in [9.17, 15) is 4.79 Å². The number of likely N-dealkylation sites (tertiary alicyclic amines) is 1. The van der Waals surface area contributed by atoms with Gasteiger partial charge in [0.25, 0.3) is 0 Å². The molecule has 136 valence electrons. The van der Waals surface area contributed by atoms with Gasteiger partial charge >= 0.3 is 0 Å². The van der Waals surface area contributed by atoms with Crippen molar-refractivity contribution in [2.45, 2.75) is 71.9 Å². The van der Waals surface area contributed by atoms with E-state index in [1.165, 1.54) is 0 Å². The standard InChI is InChI=1S/C18H27N5O2/c1-4-6-16-19-17(25-21-16)8-9-18(24)22-10-5-7-15(22)12-23-14(3)11-13(2)20-23/h11,15H,4-10,12H2,1-3H3. The largest absolute Gasteiger partial charge is 0.339 e. The highest BCUT2D eigenvalue weighted by atomic mass is 16.5. The number of aryl methyl sites for hydroxylation is 4. The highest BCUT2D eigenvalue weighted by Gasteiger charge is 2.29. The minimum absolute atomic E-state index is 0.166. The summed E-state index contributed by atoms with van der Waals surface area (Å²) in [6.45, 7) is 7.74. The van der Waals surface area contributed by atoms with Crippen LogP contribution >= 0.6 is 0 Å². The highest BCUT2D eigenvalue weighted by molar-refractivity contribution is 5.77. The van der Waals surface area contributed by atoms with Crippen LogP contribution in [-0.2, 0) is 24.2 Å². The van der Waals surface area contributed by atoms with Gasteiger partial charge in [0, 0.05) is 31.5 Å². The van der Waals surface area contributed by atoms with Crippen molar-refractivity contribution in [1.82, 2.24) is 24.8 Å². The normalized spacial score (nSPS) is 17.4. The van der Waals surface area contributed by atoms with Gasteiger partial charge in [-0.2, -0.15) is 10.1 Å². The molecule has 1 aliphatic rings. The summed E-state index contributed by atoms with van der Waals surface area (Å²) in [5.41, 5.74) is 2.17. The van der Waals surface area contributed by atoms with Crippen LogP contribution in [0.15, 0.2) is 10.6 Å². The van der Waals surface area contributed by atoms with Crippen molar-refractivity contribution in [2.75, 3.05) is 6.54 Å². The molecule has 0 aliphatic carbocycles. The van der Waals surface area contributed by atoms with Gasteiger partial charge in [0.1, 0.15) is 0 Å². The first-order valence-electron chi connectivity index (χ1n) is 9.18. The Morgan fingerprint density at radius 1 is 1.36 bits per heavy atom. The van der Waals surface area contributed by atoms with E-state index in [2.05, 4.69) is 35.2 Å². The topological polar surface area (TPSA) is 77.0 Å². The summed E-state index contributed by atoms with van der Waals surface area (Å²) < 4.78 is 7.24. The number of rotatable bonds is 7. The van der Waals surface area contributed by atoms with Crippen molar-refractivity contribution in [1.29, 1.82) is 0 Å². The van der Waals surface area contributed by atoms with E-state index < -0.39 is 0 Å². The van der Waals surface area contributed by atoms with Crippen molar-refractivity contribution in [3.05, 3.63) is 29.2 Å². The number of nitrogens with zero attached hydrogens (tertiary/aromatic N) is 5. The van der Waals surface area contributed by atoms with Crippen LogP contribution in [0.25, 0.3) is 0 Å². The fraction of sp³-hybridized carbons (Fsp3) is 0.667. The molecule has 0 saturated carbocycles. The highest BCUT2D eigenvalue weighted by Crippen LogP contribution is 2.21. The second-order valence-electron chi connectivity index (χ2n) is 6.85. The third kappa shape index (κ3) is 4.27. The van der Waals surface area contributed by atoms with Crippen LogP contribution < -0.4 is 0 Å². The fourth-order valence-electron chi connectivity index (χ4n) is 3.49. The summed E-state index contributed by atoms with van der Waals surface area (Å²) in [5, 5.41) is 8.47. The van der Waals surface area contributed by atoms with Gasteiger partial charge in [-0.3, -0.25) is 9.48 Å². The molecule has 1 amide bonds. The van der Waals surface area contributed by atoms with Crippen LogP contribution in [0.5, 0.6) is 0 Å². The van der Waals surface area contributed by atoms with E-state index in [1.54, 1.807) is 0 Å². The maximum atomic E-state index is 12.6. The summed E-state index contributed by atoms with van der Waals surface area (Å²) in [5.74, 6) is 1.46. The minimum Gasteiger partial charge on any atom is -0.339 e. The molecule has 0 bridgehead atoms. The van der Waals surface area contributed by atoms with Crippen LogP contribution in [0, 0.1) is 13.8 Å². The summed E-state index contributed by atoms with van der Waals surface area (Å²) in [7, 11) is 0. The van der Waals surface area contributed by atoms with Crippen LogP contribution in [0.3, 0.4) is 0 Å². The molecule has 0 radical (unpaired) electrons. The van der Waals surface area contributed by atoms with E-state index >= 15 is 0 Å². The zero-order valence-electron chi connectivity index (χ0n) is 15.4. The second kappa shape index (κ2) is 7.80. The van der Waals surface area contributed by atoms with Gasteiger partial charge in [-0.25, -0.2) is 0 Å². The summed E-state index contributed by atoms with van der Waals surface area (Å²) in [6, 6.07) is 2.30. The number of hydrogen-bond acceptors (Lipinski definition) is 5. The summed E-state index contributed by atoms with van der Waals surface area (Å²) in [6.07, 6.45) is 4.82. The second-order valence-corrected chi connectivity index (χ2v) is 6.85. The quantitative estimate of drug-likeness (QED) is 0.770. The Kier molecular flexibility index (Phi) is 5.50. The molecule has 7 nitrogen and oxygen atoms in total. The van der Waals surface area contributed by atoms with E-state index in [4.69, 9.17) is 4.52 Å². The molecule has 0 N–H and O–H groups in total.